The zero-order valence-corrected chi connectivity index (χ0v) is 23.9. The average molecular weight is 587 g/mol. The molecule has 2 unspecified atom stereocenters. The van der Waals surface area contributed by atoms with Gasteiger partial charge in [-0.2, -0.15) is 0 Å². The number of anilines is 1. The lowest BCUT2D eigenvalue weighted by molar-refractivity contribution is -0.384. The van der Waals surface area contributed by atoms with Crippen LogP contribution in [-0.2, 0) is 26.2 Å². The maximum absolute atomic E-state index is 13.9. The SMILES string of the molecule is CCC(C)NC(=O)C(C)N(Cc1ccc(Cl)cc1)C(=O)CN(c1ccc([N+](=O)[O-])cc1)S(=O)(=O)c1ccccc1. The van der Waals surface area contributed by atoms with E-state index in [0.29, 0.717) is 17.0 Å². The normalized spacial score (nSPS) is 12.7. The number of halogens is 1. The van der Waals surface area contributed by atoms with Gasteiger partial charge >= 0.3 is 0 Å². The van der Waals surface area contributed by atoms with Crippen LogP contribution in [0.4, 0.5) is 11.4 Å². The molecule has 2 atom stereocenters. The van der Waals surface area contributed by atoms with E-state index in [4.69, 9.17) is 11.6 Å². The van der Waals surface area contributed by atoms with Crippen molar-refractivity contribution < 1.29 is 22.9 Å². The van der Waals surface area contributed by atoms with Gasteiger partial charge in [-0.1, -0.05) is 48.9 Å². The monoisotopic (exact) mass is 586 g/mol. The Morgan fingerprint density at radius 1 is 0.975 bits per heavy atom. The summed E-state index contributed by atoms with van der Waals surface area (Å²) in [5.74, 6) is -1.02. The van der Waals surface area contributed by atoms with Gasteiger partial charge in [0.25, 0.3) is 15.7 Å². The van der Waals surface area contributed by atoms with Crippen LogP contribution in [0, 0.1) is 10.1 Å². The second-order valence-electron chi connectivity index (χ2n) is 9.24. The molecular formula is C28H31ClN4O6S. The largest absolute Gasteiger partial charge is 0.352 e. The fourth-order valence-electron chi connectivity index (χ4n) is 3.82. The number of nitrogens with one attached hydrogen (secondary N) is 1. The predicted octanol–water partition coefficient (Wildman–Crippen LogP) is 4.78. The number of carbonyl (C=O) groups excluding carboxylic acids is 2. The number of nitrogens with zero attached hydrogens (tertiary/aromatic N) is 3. The number of benzene rings is 3. The van der Waals surface area contributed by atoms with Crippen molar-refractivity contribution in [2.45, 2.75) is 50.7 Å². The van der Waals surface area contributed by atoms with Crippen molar-refractivity contribution in [2.75, 3.05) is 10.8 Å². The van der Waals surface area contributed by atoms with Crippen LogP contribution < -0.4 is 9.62 Å². The van der Waals surface area contributed by atoms with E-state index in [1.807, 2.05) is 13.8 Å². The molecule has 2 amide bonds. The van der Waals surface area contributed by atoms with Crippen LogP contribution in [0.1, 0.15) is 32.8 Å². The maximum atomic E-state index is 13.9. The van der Waals surface area contributed by atoms with E-state index in [1.165, 1.54) is 41.3 Å². The third-order valence-electron chi connectivity index (χ3n) is 6.39. The van der Waals surface area contributed by atoms with Crippen LogP contribution in [0.15, 0.2) is 83.8 Å². The molecule has 212 valence electrons. The van der Waals surface area contributed by atoms with Crippen molar-refractivity contribution in [3.05, 3.63) is 99.6 Å². The van der Waals surface area contributed by atoms with Gasteiger partial charge in [-0.15, -0.1) is 0 Å². The molecule has 0 saturated carbocycles. The second-order valence-corrected chi connectivity index (χ2v) is 11.5. The third-order valence-corrected chi connectivity index (χ3v) is 8.43. The van der Waals surface area contributed by atoms with Gasteiger partial charge in [0.15, 0.2) is 0 Å². The zero-order chi connectivity index (χ0) is 29.4. The molecule has 3 aromatic carbocycles. The number of amides is 2. The Balaban J connectivity index is 2.02. The Hall–Kier alpha value is -3.96. The summed E-state index contributed by atoms with van der Waals surface area (Å²) >= 11 is 6.01. The lowest BCUT2D eigenvalue weighted by Gasteiger charge is -2.32. The van der Waals surface area contributed by atoms with E-state index >= 15 is 0 Å². The van der Waals surface area contributed by atoms with Crippen molar-refractivity contribution in [2.24, 2.45) is 0 Å². The van der Waals surface area contributed by atoms with Crippen molar-refractivity contribution >= 4 is 44.8 Å². The Morgan fingerprint density at radius 3 is 2.12 bits per heavy atom. The molecule has 1 N–H and O–H groups in total. The van der Waals surface area contributed by atoms with Gasteiger partial charge in [0.05, 0.1) is 15.5 Å². The number of nitro benzene ring substituents is 1. The number of carbonyl (C=O) groups is 2. The molecule has 40 heavy (non-hydrogen) atoms. The summed E-state index contributed by atoms with van der Waals surface area (Å²) in [4.78, 5) is 38.7. The van der Waals surface area contributed by atoms with Gasteiger partial charge in [-0.3, -0.25) is 24.0 Å². The molecule has 0 aliphatic rings. The fourth-order valence-corrected chi connectivity index (χ4v) is 5.38. The van der Waals surface area contributed by atoms with E-state index in [1.54, 1.807) is 49.4 Å². The quantitative estimate of drug-likeness (QED) is 0.240. The highest BCUT2D eigenvalue weighted by Gasteiger charge is 2.33. The second kappa shape index (κ2) is 13.4. The summed E-state index contributed by atoms with van der Waals surface area (Å²) in [6, 6.07) is 18.1. The molecule has 0 bridgehead atoms. The van der Waals surface area contributed by atoms with Crippen LogP contribution in [0.5, 0.6) is 0 Å². The minimum Gasteiger partial charge on any atom is -0.352 e. The zero-order valence-electron chi connectivity index (χ0n) is 22.4. The first-order chi connectivity index (χ1) is 18.9. The minimum atomic E-state index is -4.27. The summed E-state index contributed by atoms with van der Waals surface area (Å²) in [6.45, 7) is 4.71. The molecule has 10 nitrogen and oxygen atoms in total. The topological polar surface area (TPSA) is 130 Å². The van der Waals surface area contributed by atoms with Crippen molar-refractivity contribution in [1.29, 1.82) is 0 Å². The molecule has 3 rings (SSSR count). The van der Waals surface area contributed by atoms with Crippen molar-refractivity contribution in [1.82, 2.24) is 10.2 Å². The van der Waals surface area contributed by atoms with Gasteiger partial charge in [0.1, 0.15) is 12.6 Å². The maximum Gasteiger partial charge on any atom is 0.269 e. The fraction of sp³-hybridized carbons (Fsp3) is 0.286. The minimum absolute atomic E-state index is 0.0184. The summed E-state index contributed by atoms with van der Waals surface area (Å²) in [5.41, 5.74) is 0.520. The first-order valence-corrected chi connectivity index (χ1v) is 14.4. The molecule has 3 aromatic rings. The lowest BCUT2D eigenvalue weighted by atomic mass is 10.1. The molecule has 0 aliphatic carbocycles. The standard InChI is InChI=1S/C28H31ClN4O6S/c1-4-20(2)30-28(35)21(3)31(18-22-10-12-23(29)13-11-22)27(34)19-32(24-14-16-25(17-15-24)33(36)37)40(38,39)26-8-6-5-7-9-26/h5-17,20-21H,4,18-19H2,1-3H3,(H,30,35). The van der Waals surface area contributed by atoms with E-state index in [9.17, 15) is 28.1 Å². The van der Waals surface area contributed by atoms with Crippen LogP contribution in [-0.4, -0.2) is 48.7 Å². The van der Waals surface area contributed by atoms with Crippen molar-refractivity contribution in [3.8, 4) is 0 Å². The Morgan fingerprint density at radius 2 is 1.57 bits per heavy atom. The summed E-state index contributed by atoms with van der Waals surface area (Å²) in [6.07, 6.45) is 0.687. The molecule has 0 saturated heterocycles. The van der Waals surface area contributed by atoms with Crippen LogP contribution in [0.2, 0.25) is 5.02 Å². The lowest BCUT2D eigenvalue weighted by Crippen LogP contribution is -2.52. The first-order valence-electron chi connectivity index (χ1n) is 12.6. The highest BCUT2D eigenvalue weighted by Crippen LogP contribution is 2.26. The predicted molar refractivity (Wildman–Crippen MR) is 153 cm³/mol. The number of rotatable bonds is 12. The van der Waals surface area contributed by atoms with Crippen LogP contribution >= 0.6 is 11.6 Å². The van der Waals surface area contributed by atoms with Gasteiger partial charge in [0.2, 0.25) is 11.8 Å². The number of hydrogen-bond acceptors (Lipinski definition) is 6. The Labute approximate surface area is 238 Å². The van der Waals surface area contributed by atoms with Crippen LogP contribution in [0.3, 0.4) is 0 Å². The first kappa shape index (κ1) is 30.6. The summed E-state index contributed by atoms with van der Waals surface area (Å²) in [7, 11) is -4.27. The molecule has 0 aliphatic heterocycles. The molecule has 0 radical (unpaired) electrons. The molecule has 0 spiro atoms. The molecule has 12 heteroatoms. The Bertz CT molecular complexity index is 1430. The van der Waals surface area contributed by atoms with E-state index < -0.39 is 33.4 Å². The van der Waals surface area contributed by atoms with Crippen molar-refractivity contribution in [3.63, 3.8) is 0 Å². The summed E-state index contributed by atoms with van der Waals surface area (Å²) in [5, 5.41) is 14.5. The molecule has 0 aromatic heterocycles. The summed E-state index contributed by atoms with van der Waals surface area (Å²) < 4.78 is 28.3. The number of sulfonamides is 1. The van der Waals surface area contributed by atoms with Gasteiger partial charge in [0, 0.05) is 29.7 Å². The van der Waals surface area contributed by atoms with Crippen LogP contribution in [0.25, 0.3) is 0 Å². The number of non-ortho nitro benzene ring substituents is 1. The van der Waals surface area contributed by atoms with E-state index in [-0.39, 0.29) is 34.8 Å². The molecule has 0 fully saturated rings. The number of nitro groups is 1. The smallest absolute Gasteiger partial charge is 0.269 e. The molecule has 0 heterocycles. The Kier molecular flexibility index (Phi) is 10.2. The van der Waals surface area contributed by atoms with E-state index in [0.717, 1.165) is 4.31 Å². The highest BCUT2D eigenvalue weighted by atomic mass is 35.5. The van der Waals surface area contributed by atoms with Gasteiger partial charge < -0.3 is 10.2 Å². The average Bonchev–Trinajstić information content (AvgIpc) is 2.95. The van der Waals surface area contributed by atoms with E-state index in [2.05, 4.69) is 5.32 Å². The molecular weight excluding hydrogens is 556 g/mol. The third kappa shape index (κ3) is 7.57. The van der Waals surface area contributed by atoms with Gasteiger partial charge in [-0.25, -0.2) is 8.42 Å². The highest BCUT2D eigenvalue weighted by molar-refractivity contribution is 7.92. The van der Waals surface area contributed by atoms with Gasteiger partial charge in [-0.05, 0) is 62.2 Å². The number of hydrogen-bond donors (Lipinski definition) is 1.